The topological polar surface area (TPSA) is 50.9 Å². The van der Waals surface area contributed by atoms with E-state index >= 15 is 0 Å². The summed E-state index contributed by atoms with van der Waals surface area (Å²) in [6, 6.07) is 9.41. The van der Waals surface area contributed by atoms with E-state index in [-0.39, 0.29) is 6.04 Å². The van der Waals surface area contributed by atoms with Crippen molar-refractivity contribution in [3.8, 4) is 0 Å². The molecule has 5 heteroatoms. The maximum Gasteiger partial charge on any atom is 0.0896 e. The Bertz CT molecular complexity index is 558. The number of aryl methyl sites for hydroxylation is 1. The molecule has 1 unspecified atom stereocenters. The molecule has 0 saturated carbocycles. The fourth-order valence-corrected chi connectivity index (χ4v) is 2.31. The van der Waals surface area contributed by atoms with E-state index in [1.54, 1.807) is 12.3 Å². The summed E-state index contributed by atoms with van der Waals surface area (Å²) in [4.78, 5) is 4.25. The van der Waals surface area contributed by atoms with Crippen molar-refractivity contribution in [2.75, 3.05) is 0 Å². The molecule has 2 rings (SSSR count). The van der Waals surface area contributed by atoms with E-state index in [4.69, 9.17) is 29.0 Å². The van der Waals surface area contributed by atoms with Crippen LogP contribution in [0.15, 0.2) is 36.5 Å². The number of hydrogen-bond acceptors (Lipinski definition) is 3. The maximum absolute atomic E-state index is 6.15. The fourth-order valence-electron chi connectivity index (χ4n) is 1.82. The largest absolute Gasteiger partial charge is 0.271 e. The zero-order valence-electron chi connectivity index (χ0n) is 9.82. The van der Waals surface area contributed by atoms with Crippen molar-refractivity contribution in [3.63, 3.8) is 0 Å². The molecule has 94 valence electrons. The van der Waals surface area contributed by atoms with E-state index in [0.717, 1.165) is 11.1 Å². The summed E-state index contributed by atoms with van der Waals surface area (Å²) in [7, 11) is 0. The van der Waals surface area contributed by atoms with E-state index in [0.29, 0.717) is 15.7 Å². The molecule has 0 fully saturated rings. The highest BCUT2D eigenvalue weighted by Gasteiger charge is 2.17. The third-order valence-electron chi connectivity index (χ3n) is 2.65. The van der Waals surface area contributed by atoms with Crippen molar-refractivity contribution in [2.45, 2.75) is 13.0 Å². The van der Waals surface area contributed by atoms with Crippen LogP contribution >= 0.6 is 23.2 Å². The Morgan fingerprint density at radius 1 is 1.28 bits per heavy atom. The van der Waals surface area contributed by atoms with Crippen molar-refractivity contribution in [1.82, 2.24) is 10.4 Å². The van der Waals surface area contributed by atoms with Crippen LogP contribution < -0.4 is 11.3 Å². The van der Waals surface area contributed by atoms with Gasteiger partial charge in [0, 0.05) is 6.20 Å². The molecule has 0 radical (unpaired) electrons. The zero-order chi connectivity index (χ0) is 13.1. The smallest absolute Gasteiger partial charge is 0.0896 e. The molecule has 18 heavy (non-hydrogen) atoms. The van der Waals surface area contributed by atoms with Crippen molar-refractivity contribution in [3.05, 3.63) is 63.4 Å². The van der Waals surface area contributed by atoms with Crippen molar-refractivity contribution < 1.29 is 0 Å². The van der Waals surface area contributed by atoms with Gasteiger partial charge in [0.1, 0.15) is 0 Å². The SMILES string of the molecule is Cc1cccc(C(NN)c2ncc(Cl)cc2Cl)c1. The molecule has 0 aliphatic rings. The molecule has 3 nitrogen and oxygen atoms in total. The molecule has 0 aliphatic carbocycles. The lowest BCUT2D eigenvalue weighted by Crippen LogP contribution is -2.29. The van der Waals surface area contributed by atoms with Crippen LogP contribution in [-0.4, -0.2) is 4.98 Å². The summed E-state index contributed by atoms with van der Waals surface area (Å²) in [5.41, 5.74) is 5.55. The van der Waals surface area contributed by atoms with Crippen LogP contribution in [-0.2, 0) is 0 Å². The van der Waals surface area contributed by atoms with Crippen LogP contribution in [0, 0.1) is 6.92 Å². The Morgan fingerprint density at radius 2 is 2.06 bits per heavy atom. The molecule has 0 amide bonds. The van der Waals surface area contributed by atoms with Gasteiger partial charge in [-0.1, -0.05) is 53.0 Å². The molecule has 1 aromatic carbocycles. The van der Waals surface area contributed by atoms with Gasteiger partial charge in [0.05, 0.1) is 21.8 Å². The van der Waals surface area contributed by atoms with Gasteiger partial charge in [0.15, 0.2) is 0 Å². The van der Waals surface area contributed by atoms with Gasteiger partial charge in [-0.25, -0.2) is 5.43 Å². The number of aromatic nitrogens is 1. The molecular formula is C13H13Cl2N3. The van der Waals surface area contributed by atoms with Crippen molar-refractivity contribution in [1.29, 1.82) is 0 Å². The van der Waals surface area contributed by atoms with Crippen molar-refractivity contribution in [2.24, 2.45) is 5.84 Å². The van der Waals surface area contributed by atoms with Gasteiger partial charge in [-0.05, 0) is 18.6 Å². The van der Waals surface area contributed by atoms with Gasteiger partial charge < -0.3 is 0 Å². The summed E-state index contributed by atoms with van der Waals surface area (Å²) in [5, 5.41) is 0.996. The fraction of sp³-hybridized carbons (Fsp3) is 0.154. The van der Waals surface area contributed by atoms with E-state index < -0.39 is 0 Å². The Labute approximate surface area is 116 Å². The Morgan fingerprint density at radius 3 is 2.67 bits per heavy atom. The number of nitrogens with two attached hydrogens (primary N) is 1. The average Bonchev–Trinajstić information content (AvgIpc) is 2.33. The van der Waals surface area contributed by atoms with Crippen LogP contribution in [0.5, 0.6) is 0 Å². The van der Waals surface area contributed by atoms with Crippen LogP contribution in [0.25, 0.3) is 0 Å². The molecule has 0 spiro atoms. The quantitative estimate of drug-likeness (QED) is 0.671. The second kappa shape index (κ2) is 5.67. The first-order chi connectivity index (χ1) is 8.61. The van der Waals surface area contributed by atoms with Gasteiger partial charge in [-0.15, -0.1) is 0 Å². The van der Waals surface area contributed by atoms with Crippen LogP contribution in [0.4, 0.5) is 0 Å². The number of hydrazine groups is 1. The number of hydrogen-bond donors (Lipinski definition) is 2. The minimum absolute atomic E-state index is 0.255. The molecule has 0 bridgehead atoms. The lowest BCUT2D eigenvalue weighted by atomic mass is 10.0. The standard InChI is InChI=1S/C13H13Cl2N3/c1-8-3-2-4-9(5-8)12(18-16)13-11(15)6-10(14)7-17-13/h2-7,12,18H,16H2,1H3. The van der Waals surface area contributed by atoms with E-state index in [1.165, 1.54) is 0 Å². The predicted molar refractivity (Wildman–Crippen MR) is 74.6 cm³/mol. The molecule has 1 heterocycles. The lowest BCUT2D eigenvalue weighted by Gasteiger charge is -2.17. The summed E-state index contributed by atoms with van der Waals surface area (Å²) in [5.74, 6) is 5.61. The van der Waals surface area contributed by atoms with Crippen molar-refractivity contribution >= 4 is 23.2 Å². The summed E-state index contributed by atoms with van der Waals surface area (Å²) in [6.07, 6.45) is 1.56. The number of halogens is 2. The number of nitrogens with zero attached hydrogens (tertiary/aromatic N) is 1. The molecule has 3 N–H and O–H groups in total. The molecule has 1 atom stereocenters. The second-order valence-electron chi connectivity index (χ2n) is 4.03. The number of nitrogens with one attached hydrogen (secondary N) is 1. The number of pyridine rings is 1. The Hall–Kier alpha value is -1.13. The van der Waals surface area contributed by atoms with Gasteiger partial charge in [-0.3, -0.25) is 10.8 Å². The van der Waals surface area contributed by atoms with Gasteiger partial charge in [0.2, 0.25) is 0 Å². The highest BCUT2D eigenvalue weighted by molar-refractivity contribution is 6.34. The highest BCUT2D eigenvalue weighted by atomic mass is 35.5. The van der Waals surface area contributed by atoms with Crippen LogP contribution in [0.2, 0.25) is 10.0 Å². The van der Waals surface area contributed by atoms with Crippen LogP contribution in [0.1, 0.15) is 22.9 Å². The lowest BCUT2D eigenvalue weighted by molar-refractivity contribution is 0.620. The second-order valence-corrected chi connectivity index (χ2v) is 4.88. The monoisotopic (exact) mass is 281 g/mol. The van der Waals surface area contributed by atoms with E-state index in [2.05, 4.69) is 10.4 Å². The van der Waals surface area contributed by atoms with Gasteiger partial charge in [0.25, 0.3) is 0 Å². The number of benzene rings is 1. The van der Waals surface area contributed by atoms with E-state index in [9.17, 15) is 0 Å². The molecule has 2 aromatic rings. The van der Waals surface area contributed by atoms with Gasteiger partial charge in [-0.2, -0.15) is 0 Å². The summed E-state index contributed by atoms with van der Waals surface area (Å²) in [6.45, 7) is 2.02. The normalized spacial score (nSPS) is 12.4. The minimum Gasteiger partial charge on any atom is -0.271 e. The summed E-state index contributed by atoms with van der Waals surface area (Å²) >= 11 is 12.0. The third-order valence-corrected chi connectivity index (χ3v) is 3.16. The Kier molecular flexibility index (Phi) is 4.19. The Balaban J connectivity index is 2.45. The highest BCUT2D eigenvalue weighted by Crippen LogP contribution is 2.28. The molecule has 0 aliphatic heterocycles. The maximum atomic E-state index is 6.15. The number of rotatable bonds is 3. The van der Waals surface area contributed by atoms with E-state index in [1.807, 2.05) is 31.2 Å². The minimum atomic E-state index is -0.255. The third kappa shape index (κ3) is 2.82. The average molecular weight is 282 g/mol. The molecular weight excluding hydrogens is 269 g/mol. The first-order valence-corrected chi connectivity index (χ1v) is 6.21. The first-order valence-electron chi connectivity index (χ1n) is 5.45. The summed E-state index contributed by atoms with van der Waals surface area (Å²) < 4.78 is 0. The van der Waals surface area contributed by atoms with Gasteiger partial charge >= 0.3 is 0 Å². The van der Waals surface area contributed by atoms with Crippen LogP contribution in [0.3, 0.4) is 0 Å². The molecule has 0 saturated heterocycles. The predicted octanol–water partition coefficient (Wildman–Crippen LogP) is 3.25. The first kappa shape index (κ1) is 13.3. The zero-order valence-corrected chi connectivity index (χ0v) is 11.3. The molecule has 1 aromatic heterocycles.